The van der Waals surface area contributed by atoms with E-state index in [1.807, 2.05) is 37.3 Å². The van der Waals surface area contributed by atoms with Crippen molar-refractivity contribution in [3.8, 4) is 12.0 Å². The molecule has 0 saturated carbocycles. The summed E-state index contributed by atoms with van der Waals surface area (Å²) in [4.78, 5) is 11.1. The maximum absolute atomic E-state index is 11.1. The van der Waals surface area contributed by atoms with E-state index in [4.69, 9.17) is 9.47 Å². The minimum absolute atomic E-state index is 0.479. The van der Waals surface area contributed by atoms with Crippen molar-refractivity contribution in [2.24, 2.45) is 0 Å². The summed E-state index contributed by atoms with van der Waals surface area (Å²) < 4.78 is 14.4. The van der Waals surface area contributed by atoms with E-state index in [-0.39, 0.29) is 0 Å². The highest BCUT2D eigenvalue weighted by Gasteiger charge is 2.14. The third-order valence-electron chi connectivity index (χ3n) is 1.89. The van der Waals surface area contributed by atoms with Gasteiger partial charge in [-0.1, -0.05) is 30.3 Å². The van der Waals surface area contributed by atoms with E-state index < -0.39 is 12.3 Å². The fraction of sp³-hybridized carbons (Fsp3) is 0.308. The van der Waals surface area contributed by atoms with Gasteiger partial charge in [-0.2, -0.15) is 0 Å². The molecule has 0 heterocycles. The molecule has 1 aromatic rings. The van der Waals surface area contributed by atoms with Crippen LogP contribution >= 0.6 is 0 Å². The summed E-state index contributed by atoms with van der Waals surface area (Å²) >= 11 is 0. The molecule has 1 atom stereocenters. The Morgan fingerprint density at radius 3 is 2.65 bits per heavy atom. The average Bonchev–Trinajstić information content (AvgIpc) is 2.38. The zero-order chi connectivity index (χ0) is 12.5. The first-order valence-corrected chi connectivity index (χ1v) is 5.19. The molecule has 0 aliphatic carbocycles. The van der Waals surface area contributed by atoms with E-state index in [1.54, 1.807) is 0 Å². The highest BCUT2D eigenvalue weighted by atomic mass is 16.7. The largest absolute Gasteiger partial charge is 0.509 e. The third-order valence-corrected chi connectivity index (χ3v) is 1.89. The van der Waals surface area contributed by atoms with Crippen LogP contribution in [0.3, 0.4) is 0 Å². The Morgan fingerprint density at radius 2 is 2.06 bits per heavy atom. The summed E-state index contributed by atoms with van der Waals surface area (Å²) in [5.74, 6) is 2.71. The SMILES string of the molecule is CCOC#CC(OC(=O)OC)c1ccccc1. The second kappa shape index (κ2) is 7.18. The van der Waals surface area contributed by atoms with Crippen molar-refractivity contribution in [3.63, 3.8) is 0 Å². The molecule has 0 spiro atoms. The number of hydrogen-bond donors (Lipinski definition) is 0. The van der Waals surface area contributed by atoms with Crippen LogP contribution in [0.15, 0.2) is 30.3 Å². The van der Waals surface area contributed by atoms with Gasteiger partial charge in [0.2, 0.25) is 0 Å². The van der Waals surface area contributed by atoms with Gasteiger partial charge in [0.05, 0.1) is 13.7 Å². The van der Waals surface area contributed by atoms with Crippen LogP contribution in [-0.2, 0) is 14.2 Å². The second-order valence-corrected chi connectivity index (χ2v) is 3.04. The van der Waals surface area contributed by atoms with Crippen molar-refractivity contribution < 1.29 is 19.0 Å². The minimum atomic E-state index is -0.773. The molecule has 1 unspecified atom stereocenters. The van der Waals surface area contributed by atoms with Crippen LogP contribution < -0.4 is 0 Å². The van der Waals surface area contributed by atoms with Crippen molar-refractivity contribution in [1.29, 1.82) is 0 Å². The Morgan fingerprint density at radius 1 is 1.35 bits per heavy atom. The Kier molecular flexibility index (Phi) is 5.45. The molecule has 1 rings (SSSR count). The first-order valence-electron chi connectivity index (χ1n) is 5.19. The molecule has 0 aliphatic heterocycles. The first-order chi connectivity index (χ1) is 8.27. The molecule has 90 valence electrons. The van der Waals surface area contributed by atoms with Crippen molar-refractivity contribution in [1.82, 2.24) is 0 Å². The topological polar surface area (TPSA) is 44.8 Å². The molecule has 0 bridgehead atoms. The lowest BCUT2D eigenvalue weighted by molar-refractivity contribution is 0.0547. The number of carbonyl (C=O) groups excluding carboxylic acids is 1. The van der Waals surface area contributed by atoms with Crippen molar-refractivity contribution in [2.45, 2.75) is 13.0 Å². The molecule has 4 heteroatoms. The van der Waals surface area contributed by atoms with Crippen LogP contribution in [0.1, 0.15) is 18.6 Å². The molecule has 4 nitrogen and oxygen atoms in total. The van der Waals surface area contributed by atoms with Gasteiger partial charge in [0.1, 0.15) is 6.11 Å². The van der Waals surface area contributed by atoms with Gasteiger partial charge in [-0.25, -0.2) is 4.79 Å². The minimum Gasteiger partial charge on any atom is -0.447 e. The quantitative estimate of drug-likeness (QED) is 0.595. The van der Waals surface area contributed by atoms with E-state index in [9.17, 15) is 4.79 Å². The van der Waals surface area contributed by atoms with Crippen LogP contribution in [0.2, 0.25) is 0 Å². The molecule has 0 aromatic heterocycles. The summed E-state index contributed by atoms with van der Waals surface area (Å²) in [5.41, 5.74) is 0.769. The van der Waals surface area contributed by atoms with Gasteiger partial charge in [0.25, 0.3) is 0 Å². The predicted octanol–water partition coefficient (Wildman–Crippen LogP) is 2.51. The van der Waals surface area contributed by atoms with Crippen molar-refractivity contribution >= 4 is 6.16 Å². The van der Waals surface area contributed by atoms with Gasteiger partial charge in [-0.15, -0.1) is 0 Å². The molecular weight excluding hydrogens is 220 g/mol. The molecule has 17 heavy (non-hydrogen) atoms. The Bertz CT molecular complexity index is 402. The van der Waals surface area contributed by atoms with Gasteiger partial charge < -0.3 is 14.2 Å². The Balaban J connectivity index is 2.80. The fourth-order valence-electron chi connectivity index (χ4n) is 1.12. The maximum atomic E-state index is 11.1. The first kappa shape index (κ1) is 12.9. The summed E-state index contributed by atoms with van der Waals surface area (Å²) in [5, 5.41) is 0. The molecule has 0 radical (unpaired) electrons. The van der Waals surface area contributed by atoms with Crippen LogP contribution in [0, 0.1) is 12.0 Å². The number of rotatable bonds is 3. The monoisotopic (exact) mass is 234 g/mol. The zero-order valence-electron chi connectivity index (χ0n) is 9.80. The van der Waals surface area contributed by atoms with E-state index >= 15 is 0 Å². The standard InChI is InChI=1S/C13H14O4/c1-3-16-10-9-12(17-13(14)15-2)11-7-5-4-6-8-11/h4-8,12H,3H2,1-2H3. The molecular formula is C13H14O4. The average molecular weight is 234 g/mol. The summed E-state index contributed by atoms with van der Waals surface area (Å²) in [7, 11) is 1.25. The number of ether oxygens (including phenoxy) is 3. The van der Waals surface area contributed by atoms with E-state index in [0.717, 1.165) is 5.56 Å². The van der Waals surface area contributed by atoms with E-state index in [2.05, 4.69) is 16.8 Å². The molecule has 0 aliphatic rings. The highest BCUT2D eigenvalue weighted by molar-refractivity contribution is 5.60. The Labute approximate surface area is 100 Å². The van der Waals surface area contributed by atoms with E-state index in [1.165, 1.54) is 7.11 Å². The molecule has 0 N–H and O–H groups in total. The summed E-state index contributed by atoms with van der Waals surface area (Å²) in [6.45, 7) is 2.31. The second-order valence-electron chi connectivity index (χ2n) is 3.04. The van der Waals surface area contributed by atoms with Gasteiger partial charge in [0, 0.05) is 5.56 Å². The van der Waals surface area contributed by atoms with Gasteiger partial charge >= 0.3 is 6.16 Å². The number of methoxy groups -OCH3 is 1. The van der Waals surface area contributed by atoms with E-state index in [0.29, 0.717) is 6.61 Å². The van der Waals surface area contributed by atoms with Gasteiger partial charge in [-0.05, 0) is 12.8 Å². The van der Waals surface area contributed by atoms with Crippen LogP contribution in [0.5, 0.6) is 0 Å². The molecule has 0 fully saturated rings. The Hall–Kier alpha value is -2.15. The number of hydrogen-bond acceptors (Lipinski definition) is 4. The smallest absolute Gasteiger partial charge is 0.447 e. The number of benzene rings is 1. The summed E-state index contributed by atoms with van der Waals surface area (Å²) in [6, 6.07) is 9.17. The number of carbonyl (C=O) groups is 1. The lowest BCUT2D eigenvalue weighted by Gasteiger charge is -2.10. The summed E-state index contributed by atoms with van der Waals surface area (Å²) in [6.07, 6.45) is 1.02. The van der Waals surface area contributed by atoms with Crippen LogP contribution in [0.4, 0.5) is 4.79 Å². The predicted molar refractivity (Wildman–Crippen MR) is 62.1 cm³/mol. The molecule has 0 saturated heterocycles. The van der Waals surface area contributed by atoms with Crippen molar-refractivity contribution in [2.75, 3.05) is 13.7 Å². The molecule has 0 amide bonds. The van der Waals surface area contributed by atoms with Crippen LogP contribution in [-0.4, -0.2) is 19.9 Å². The third kappa shape index (κ3) is 4.47. The molecule has 1 aromatic carbocycles. The fourth-order valence-corrected chi connectivity index (χ4v) is 1.12. The van der Waals surface area contributed by atoms with Gasteiger partial charge in [-0.3, -0.25) is 0 Å². The normalized spacial score (nSPS) is 10.7. The lowest BCUT2D eigenvalue weighted by atomic mass is 10.1. The maximum Gasteiger partial charge on any atom is 0.509 e. The highest BCUT2D eigenvalue weighted by Crippen LogP contribution is 2.16. The zero-order valence-corrected chi connectivity index (χ0v) is 9.80. The lowest BCUT2D eigenvalue weighted by Crippen LogP contribution is -2.10. The van der Waals surface area contributed by atoms with Crippen molar-refractivity contribution in [3.05, 3.63) is 35.9 Å². The van der Waals surface area contributed by atoms with Crippen LogP contribution in [0.25, 0.3) is 0 Å². The van der Waals surface area contributed by atoms with Gasteiger partial charge in [0.15, 0.2) is 6.10 Å².